The summed E-state index contributed by atoms with van der Waals surface area (Å²) in [7, 11) is 1.61. The normalized spacial score (nSPS) is 27.8. The summed E-state index contributed by atoms with van der Waals surface area (Å²) in [6, 6.07) is 5.59. The lowest BCUT2D eigenvalue weighted by molar-refractivity contribution is -0.0720. The number of nitrogen functional groups attached to an aromatic ring is 1. The van der Waals surface area contributed by atoms with Gasteiger partial charge in [0.25, 0.3) is 0 Å². The van der Waals surface area contributed by atoms with Crippen molar-refractivity contribution in [2.75, 3.05) is 12.8 Å². The molecule has 2 unspecified atom stereocenters. The fraction of sp³-hybridized carbons (Fsp3) is 0.571. The highest BCUT2D eigenvalue weighted by Gasteiger charge is 2.26. The minimum Gasteiger partial charge on any atom is -0.494 e. The first-order valence-electron chi connectivity index (χ1n) is 6.34. The van der Waals surface area contributed by atoms with Gasteiger partial charge in [0, 0.05) is 12.8 Å². The van der Waals surface area contributed by atoms with Gasteiger partial charge in [-0.05, 0) is 26.0 Å². The quantitative estimate of drug-likeness (QED) is 0.839. The molecule has 0 aliphatic carbocycles. The molecule has 18 heavy (non-hydrogen) atoms. The fourth-order valence-electron chi connectivity index (χ4n) is 2.42. The van der Waals surface area contributed by atoms with Crippen molar-refractivity contribution in [3.05, 3.63) is 18.2 Å². The van der Waals surface area contributed by atoms with Crippen LogP contribution in [0.15, 0.2) is 18.2 Å². The molecule has 0 radical (unpaired) electrons. The van der Waals surface area contributed by atoms with Crippen molar-refractivity contribution in [3.63, 3.8) is 0 Å². The van der Waals surface area contributed by atoms with Crippen molar-refractivity contribution < 1.29 is 14.2 Å². The number of methoxy groups -OCH3 is 1. The molecule has 1 fully saturated rings. The van der Waals surface area contributed by atoms with Crippen molar-refractivity contribution in [1.29, 1.82) is 0 Å². The lowest BCUT2D eigenvalue weighted by Crippen LogP contribution is -2.35. The largest absolute Gasteiger partial charge is 0.494 e. The molecule has 0 spiro atoms. The summed E-state index contributed by atoms with van der Waals surface area (Å²) in [5, 5.41) is 0. The number of ether oxygens (including phenoxy) is 3. The number of hydrogen-bond donors (Lipinski definition) is 1. The first kappa shape index (κ1) is 13.0. The van der Waals surface area contributed by atoms with Gasteiger partial charge in [-0.15, -0.1) is 0 Å². The fourth-order valence-corrected chi connectivity index (χ4v) is 2.42. The van der Waals surface area contributed by atoms with Crippen LogP contribution in [0.4, 0.5) is 5.69 Å². The molecule has 1 aromatic carbocycles. The van der Waals surface area contributed by atoms with Gasteiger partial charge in [-0.1, -0.05) is 6.07 Å². The van der Waals surface area contributed by atoms with Crippen LogP contribution in [0.3, 0.4) is 0 Å². The summed E-state index contributed by atoms with van der Waals surface area (Å²) in [6.45, 7) is 4.14. The smallest absolute Gasteiger partial charge is 0.146 e. The highest BCUT2D eigenvalue weighted by atomic mass is 16.5. The van der Waals surface area contributed by atoms with E-state index in [2.05, 4.69) is 13.8 Å². The Morgan fingerprint density at radius 3 is 2.39 bits per heavy atom. The Balaban J connectivity index is 2.09. The van der Waals surface area contributed by atoms with Crippen LogP contribution >= 0.6 is 0 Å². The summed E-state index contributed by atoms with van der Waals surface area (Å²) < 4.78 is 16.9. The molecule has 0 saturated carbocycles. The number of nitrogens with two attached hydrogens (primary N) is 1. The van der Waals surface area contributed by atoms with Crippen LogP contribution in [0, 0.1) is 0 Å². The Morgan fingerprint density at radius 1 is 1.17 bits per heavy atom. The van der Waals surface area contributed by atoms with Gasteiger partial charge in [0.05, 0.1) is 19.3 Å². The predicted molar refractivity (Wildman–Crippen MR) is 71.1 cm³/mol. The summed E-state index contributed by atoms with van der Waals surface area (Å²) in [4.78, 5) is 0. The highest BCUT2D eigenvalue weighted by molar-refractivity contribution is 5.62. The maximum absolute atomic E-state index is 6.00. The van der Waals surface area contributed by atoms with E-state index in [0.717, 1.165) is 12.8 Å². The zero-order valence-electron chi connectivity index (χ0n) is 11.2. The molecular weight excluding hydrogens is 230 g/mol. The van der Waals surface area contributed by atoms with Gasteiger partial charge in [-0.2, -0.15) is 0 Å². The molecule has 1 aliphatic rings. The van der Waals surface area contributed by atoms with Gasteiger partial charge < -0.3 is 19.9 Å². The number of hydrogen-bond acceptors (Lipinski definition) is 4. The second kappa shape index (κ2) is 5.48. The van der Waals surface area contributed by atoms with Gasteiger partial charge in [-0.25, -0.2) is 0 Å². The summed E-state index contributed by atoms with van der Waals surface area (Å²) in [6.07, 6.45) is 2.39. The second-order valence-electron chi connectivity index (χ2n) is 4.84. The lowest BCUT2D eigenvalue weighted by atomic mass is 10.0. The van der Waals surface area contributed by atoms with Crippen LogP contribution in [0.25, 0.3) is 0 Å². The minimum atomic E-state index is 0.151. The third-order valence-corrected chi connectivity index (χ3v) is 3.19. The van der Waals surface area contributed by atoms with E-state index in [1.165, 1.54) is 0 Å². The van der Waals surface area contributed by atoms with Crippen LogP contribution in [0.1, 0.15) is 26.7 Å². The van der Waals surface area contributed by atoms with Crippen LogP contribution in [0.2, 0.25) is 0 Å². The maximum Gasteiger partial charge on any atom is 0.146 e. The number of benzene rings is 1. The molecule has 2 rings (SSSR count). The van der Waals surface area contributed by atoms with Gasteiger partial charge >= 0.3 is 0 Å². The second-order valence-corrected chi connectivity index (χ2v) is 4.84. The van der Waals surface area contributed by atoms with E-state index in [-0.39, 0.29) is 18.3 Å². The molecule has 0 aromatic heterocycles. The standard InChI is InChI=1S/C14H21NO3/c1-9-7-11(8-10(2)17-9)18-13-6-4-5-12(16-3)14(13)15/h4-6,9-11H,7-8,15H2,1-3H3. The molecule has 1 heterocycles. The van der Waals surface area contributed by atoms with Crippen molar-refractivity contribution in [1.82, 2.24) is 0 Å². The summed E-state index contributed by atoms with van der Waals surface area (Å²) >= 11 is 0. The molecule has 0 bridgehead atoms. The molecule has 2 atom stereocenters. The first-order chi connectivity index (χ1) is 8.60. The molecule has 2 N–H and O–H groups in total. The van der Waals surface area contributed by atoms with Crippen molar-refractivity contribution in [2.24, 2.45) is 0 Å². The molecule has 100 valence electrons. The van der Waals surface area contributed by atoms with E-state index < -0.39 is 0 Å². The maximum atomic E-state index is 6.00. The third-order valence-electron chi connectivity index (χ3n) is 3.19. The van der Waals surface area contributed by atoms with Crippen molar-refractivity contribution >= 4 is 5.69 Å². The molecule has 4 heteroatoms. The summed E-state index contributed by atoms with van der Waals surface area (Å²) in [5.74, 6) is 1.35. The summed E-state index contributed by atoms with van der Waals surface area (Å²) in [5.41, 5.74) is 6.56. The Morgan fingerprint density at radius 2 is 1.78 bits per heavy atom. The third kappa shape index (κ3) is 2.88. The average Bonchev–Trinajstić information content (AvgIpc) is 2.30. The molecule has 1 aliphatic heterocycles. The average molecular weight is 251 g/mol. The van der Waals surface area contributed by atoms with Crippen LogP contribution in [-0.2, 0) is 4.74 Å². The zero-order chi connectivity index (χ0) is 13.1. The van der Waals surface area contributed by atoms with E-state index in [1.807, 2.05) is 18.2 Å². The zero-order valence-corrected chi connectivity index (χ0v) is 11.2. The van der Waals surface area contributed by atoms with Crippen molar-refractivity contribution in [3.8, 4) is 11.5 Å². The van der Waals surface area contributed by atoms with Gasteiger partial charge in [-0.3, -0.25) is 0 Å². The highest BCUT2D eigenvalue weighted by Crippen LogP contribution is 2.33. The molecule has 1 saturated heterocycles. The predicted octanol–water partition coefficient (Wildman–Crippen LogP) is 2.61. The minimum absolute atomic E-state index is 0.151. The SMILES string of the molecule is COc1cccc(OC2CC(C)OC(C)C2)c1N. The van der Waals surface area contributed by atoms with Crippen LogP contribution in [0.5, 0.6) is 11.5 Å². The van der Waals surface area contributed by atoms with Gasteiger partial charge in [0.15, 0.2) is 0 Å². The van der Waals surface area contributed by atoms with Crippen molar-refractivity contribution in [2.45, 2.75) is 45.0 Å². The monoisotopic (exact) mass is 251 g/mol. The Kier molecular flexibility index (Phi) is 3.97. The first-order valence-corrected chi connectivity index (χ1v) is 6.34. The lowest BCUT2D eigenvalue weighted by Gasteiger charge is -2.32. The Bertz CT molecular complexity index is 398. The number of para-hydroxylation sites is 1. The van der Waals surface area contributed by atoms with E-state index >= 15 is 0 Å². The van der Waals surface area contributed by atoms with E-state index in [0.29, 0.717) is 17.2 Å². The number of anilines is 1. The van der Waals surface area contributed by atoms with E-state index in [1.54, 1.807) is 7.11 Å². The molecular formula is C14H21NO3. The van der Waals surface area contributed by atoms with E-state index in [9.17, 15) is 0 Å². The molecule has 0 amide bonds. The van der Waals surface area contributed by atoms with Crippen LogP contribution < -0.4 is 15.2 Å². The van der Waals surface area contributed by atoms with Gasteiger partial charge in [0.1, 0.15) is 23.3 Å². The Hall–Kier alpha value is -1.42. The topological polar surface area (TPSA) is 53.7 Å². The van der Waals surface area contributed by atoms with Crippen LogP contribution in [-0.4, -0.2) is 25.4 Å². The van der Waals surface area contributed by atoms with E-state index in [4.69, 9.17) is 19.9 Å². The molecule has 4 nitrogen and oxygen atoms in total. The van der Waals surface area contributed by atoms with Gasteiger partial charge in [0.2, 0.25) is 0 Å². The molecule has 1 aromatic rings. The number of rotatable bonds is 3. The Labute approximate surface area is 108 Å².